The standard InChI is InChI=1S/C16H22ClNO3/c1-10-6-4-5-7-12(10)18-16(19)14-13(20-2)9-8-11(17)15(14)21-3/h8-10,12H,4-7H2,1-3H3,(H,18,19). The zero-order chi connectivity index (χ0) is 15.4. The van der Waals surface area contributed by atoms with Gasteiger partial charge in [0.2, 0.25) is 0 Å². The van der Waals surface area contributed by atoms with Crippen LogP contribution in [0.1, 0.15) is 43.0 Å². The average Bonchev–Trinajstić information content (AvgIpc) is 2.49. The lowest BCUT2D eigenvalue weighted by atomic mass is 9.86. The second-order valence-corrected chi connectivity index (χ2v) is 5.91. The van der Waals surface area contributed by atoms with E-state index in [1.165, 1.54) is 20.6 Å². The van der Waals surface area contributed by atoms with Crippen LogP contribution >= 0.6 is 11.6 Å². The van der Waals surface area contributed by atoms with E-state index in [0.29, 0.717) is 28.0 Å². The van der Waals surface area contributed by atoms with Gasteiger partial charge < -0.3 is 14.8 Å². The number of amides is 1. The van der Waals surface area contributed by atoms with E-state index in [9.17, 15) is 4.79 Å². The van der Waals surface area contributed by atoms with Gasteiger partial charge in [0.05, 0.1) is 19.2 Å². The first-order valence-electron chi connectivity index (χ1n) is 7.29. The van der Waals surface area contributed by atoms with Crippen molar-refractivity contribution in [3.05, 3.63) is 22.7 Å². The van der Waals surface area contributed by atoms with Crippen molar-refractivity contribution >= 4 is 17.5 Å². The van der Waals surface area contributed by atoms with E-state index in [4.69, 9.17) is 21.1 Å². The summed E-state index contributed by atoms with van der Waals surface area (Å²) in [5.74, 6) is 1.12. The maximum Gasteiger partial charge on any atom is 0.259 e. The fraction of sp³-hybridized carbons (Fsp3) is 0.562. The van der Waals surface area contributed by atoms with Gasteiger partial charge in [0, 0.05) is 6.04 Å². The van der Waals surface area contributed by atoms with Crippen LogP contribution in [0.4, 0.5) is 0 Å². The second kappa shape index (κ2) is 7.03. The summed E-state index contributed by atoms with van der Waals surface area (Å²) in [7, 11) is 3.03. The van der Waals surface area contributed by atoms with Gasteiger partial charge >= 0.3 is 0 Å². The van der Waals surface area contributed by atoms with Crippen molar-refractivity contribution in [3.8, 4) is 11.5 Å². The highest BCUT2D eigenvalue weighted by Crippen LogP contribution is 2.35. The molecule has 1 aromatic carbocycles. The lowest BCUT2D eigenvalue weighted by molar-refractivity contribution is 0.0904. The molecule has 0 heterocycles. The molecule has 0 aliphatic heterocycles. The van der Waals surface area contributed by atoms with Crippen LogP contribution in [0.2, 0.25) is 5.02 Å². The van der Waals surface area contributed by atoms with Crippen molar-refractivity contribution in [2.75, 3.05) is 14.2 Å². The Hall–Kier alpha value is -1.42. The van der Waals surface area contributed by atoms with Gasteiger partial charge in [0.25, 0.3) is 5.91 Å². The third kappa shape index (κ3) is 3.43. The molecule has 1 saturated carbocycles. The topological polar surface area (TPSA) is 47.6 Å². The molecule has 5 heteroatoms. The molecule has 0 saturated heterocycles. The maximum atomic E-state index is 12.6. The minimum atomic E-state index is -0.190. The molecular formula is C16H22ClNO3. The highest BCUT2D eigenvalue weighted by atomic mass is 35.5. The van der Waals surface area contributed by atoms with Gasteiger partial charge in [0.15, 0.2) is 5.75 Å². The third-order valence-corrected chi connectivity index (χ3v) is 4.45. The van der Waals surface area contributed by atoms with Crippen molar-refractivity contribution in [2.24, 2.45) is 5.92 Å². The first kappa shape index (κ1) is 16.0. The van der Waals surface area contributed by atoms with Crippen molar-refractivity contribution in [2.45, 2.75) is 38.6 Å². The molecule has 0 spiro atoms. The minimum Gasteiger partial charge on any atom is -0.496 e. The number of rotatable bonds is 4. The van der Waals surface area contributed by atoms with Gasteiger partial charge in [-0.2, -0.15) is 0 Å². The molecular weight excluding hydrogens is 290 g/mol. The molecule has 1 N–H and O–H groups in total. The van der Waals surface area contributed by atoms with Crippen LogP contribution in [-0.4, -0.2) is 26.2 Å². The summed E-state index contributed by atoms with van der Waals surface area (Å²) in [6, 6.07) is 3.54. The number of hydrogen-bond acceptors (Lipinski definition) is 3. The number of carbonyl (C=O) groups excluding carboxylic acids is 1. The number of benzene rings is 1. The fourth-order valence-corrected chi connectivity index (χ4v) is 3.13. The number of carbonyl (C=O) groups is 1. The monoisotopic (exact) mass is 311 g/mol. The maximum absolute atomic E-state index is 12.6. The summed E-state index contributed by atoms with van der Waals surface area (Å²) in [6.07, 6.45) is 4.54. The molecule has 1 aromatic rings. The largest absolute Gasteiger partial charge is 0.496 e. The van der Waals surface area contributed by atoms with Crippen LogP contribution in [0, 0.1) is 5.92 Å². The number of ether oxygens (including phenoxy) is 2. The van der Waals surface area contributed by atoms with Gasteiger partial charge in [0.1, 0.15) is 11.3 Å². The lowest BCUT2D eigenvalue weighted by Gasteiger charge is -2.29. The molecule has 2 unspecified atom stereocenters. The Morgan fingerprint density at radius 2 is 1.95 bits per heavy atom. The van der Waals surface area contributed by atoms with E-state index in [-0.39, 0.29) is 11.9 Å². The van der Waals surface area contributed by atoms with Crippen LogP contribution < -0.4 is 14.8 Å². The van der Waals surface area contributed by atoms with Gasteiger partial charge in [-0.1, -0.05) is 31.4 Å². The van der Waals surface area contributed by atoms with Gasteiger partial charge in [-0.15, -0.1) is 0 Å². The van der Waals surface area contributed by atoms with Crippen LogP contribution in [0.15, 0.2) is 12.1 Å². The first-order valence-corrected chi connectivity index (χ1v) is 7.67. The Bertz CT molecular complexity index is 518. The van der Waals surface area contributed by atoms with E-state index < -0.39 is 0 Å². The van der Waals surface area contributed by atoms with Crippen LogP contribution in [0.3, 0.4) is 0 Å². The average molecular weight is 312 g/mol. The molecule has 2 atom stereocenters. The predicted molar refractivity (Wildman–Crippen MR) is 83.4 cm³/mol. The highest BCUT2D eigenvalue weighted by Gasteiger charge is 2.27. The fourth-order valence-electron chi connectivity index (χ4n) is 2.90. The van der Waals surface area contributed by atoms with Crippen molar-refractivity contribution < 1.29 is 14.3 Å². The molecule has 0 aromatic heterocycles. The lowest BCUT2D eigenvalue weighted by Crippen LogP contribution is -2.41. The number of nitrogens with one attached hydrogen (secondary N) is 1. The summed E-state index contributed by atoms with van der Waals surface area (Å²) < 4.78 is 10.6. The summed E-state index contributed by atoms with van der Waals surface area (Å²) in [5, 5.41) is 3.51. The molecule has 0 radical (unpaired) electrons. The third-order valence-electron chi connectivity index (χ3n) is 4.15. The van der Waals surface area contributed by atoms with E-state index in [1.807, 2.05) is 0 Å². The Morgan fingerprint density at radius 1 is 1.24 bits per heavy atom. The van der Waals surface area contributed by atoms with E-state index >= 15 is 0 Å². The van der Waals surface area contributed by atoms with Gasteiger partial charge in [-0.25, -0.2) is 0 Å². The summed E-state index contributed by atoms with van der Waals surface area (Å²) >= 11 is 6.11. The Morgan fingerprint density at radius 3 is 2.57 bits per heavy atom. The normalized spacial score (nSPS) is 21.7. The molecule has 21 heavy (non-hydrogen) atoms. The smallest absolute Gasteiger partial charge is 0.259 e. The van der Waals surface area contributed by atoms with Crippen molar-refractivity contribution in [1.29, 1.82) is 0 Å². The zero-order valence-corrected chi connectivity index (χ0v) is 13.5. The first-order chi connectivity index (χ1) is 10.1. The zero-order valence-electron chi connectivity index (χ0n) is 12.7. The molecule has 0 bridgehead atoms. The Labute approximate surface area is 130 Å². The predicted octanol–water partition coefficient (Wildman–Crippen LogP) is 3.67. The summed E-state index contributed by atoms with van der Waals surface area (Å²) in [4.78, 5) is 12.6. The highest BCUT2D eigenvalue weighted by molar-refractivity contribution is 6.32. The molecule has 1 aliphatic carbocycles. The molecule has 1 amide bonds. The van der Waals surface area contributed by atoms with Crippen LogP contribution in [0.5, 0.6) is 11.5 Å². The molecule has 116 valence electrons. The number of methoxy groups -OCH3 is 2. The SMILES string of the molecule is COc1ccc(Cl)c(OC)c1C(=O)NC1CCCCC1C. The van der Waals surface area contributed by atoms with Crippen LogP contribution in [0.25, 0.3) is 0 Å². The van der Waals surface area contributed by atoms with Crippen molar-refractivity contribution in [3.63, 3.8) is 0 Å². The van der Waals surface area contributed by atoms with Crippen molar-refractivity contribution in [1.82, 2.24) is 5.32 Å². The second-order valence-electron chi connectivity index (χ2n) is 5.50. The molecule has 1 aliphatic rings. The van der Waals surface area contributed by atoms with Gasteiger partial charge in [-0.05, 0) is 30.9 Å². The number of hydrogen-bond donors (Lipinski definition) is 1. The van der Waals surface area contributed by atoms with E-state index in [1.54, 1.807) is 12.1 Å². The van der Waals surface area contributed by atoms with Gasteiger partial charge in [-0.3, -0.25) is 4.79 Å². The van der Waals surface area contributed by atoms with Crippen LogP contribution in [-0.2, 0) is 0 Å². The Balaban J connectivity index is 2.27. The summed E-state index contributed by atoms with van der Waals surface area (Å²) in [5.41, 5.74) is 0.366. The molecule has 1 fully saturated rings. The number of halogens is 1. The molecule has 4 nitrogen and oxygen atoms in total. The quantitative estimate of drug-likeness (QED) is 0.923. The van der Waals surface area contributed by atoms with E-state index in [2.05, 4.69) is 12.2 Å². The molecule has 2 rings (SSSR count). The van der Waals surface area contributed by atoms with E-state index in [0.717, 1.165) is 19.3 Å². The Kier molecular flexibility index (Phi) is 5.34. The summed E-state index contributed by atoms with van der Waals surface area (Å²) in [6.45, 7) is 2.18. The minimum absolute atomic E-state index is 0.190.